The van der Waals surface area contributed by atoms with Gasteiger partial charge >= 0.3 is 0 Å². The van der Waals surface area contributed by atoms with E-state index in [-0.39, 0.29) is 23.4 Å². The zero-order valence-electron chi connectivity index (χ0n) is 18.5. The molecule has 0 saturated heterocycles. The molecule has 3 rings (SSSR count). The van der Waals surface area contributed by atoms with Gasteiger partial charge in [-0.2, -0.15) is 0 Å². The Balaban J connectivity index is 1.99. The quantitative estimate of drug-likeness (QED) is 0.634. The van der Waals surface area contributed by atoms with Crippen LogP contribution in [0, 0.1) is 6.92 Å². The number of carbonyl (C=O) groups excluding carboxylic acids is 2. The fraction of sp³-hybridized carbons (Fsp3) is 0.375. The Morgan fingerprint density at radius 2 is 1.73 bits per heavy atom. The average molecular weight is 407 g/mol. The van der Waals surface area contributed by atoms with Crippen molar-refractivity contribution in [2.75, 3.05) is 5.32 Å². The van der Waals surface area contributed by atoms with Crippen LogP contribution in [0.5, 0.6) is 0 Å². The van der Waals surface area contributed by atoms with Crippen LogP contribution in [-0.4, -0.2) is 27.4 Å². The number of amides is 2. The zero-order valence-corrected chi connectivity index (χ0v) is 18.5. The fourth-order valence-corrected chi connectivity index (χ4v) is 3.16. The van der Waals surface area contributed by atoms with E-state index >= 15 is 0 Å². The van der Waals surface area contributed by atoms with E-state index in [4.69, 9.17) is 0 Å². The number of fused-ring (bicyclic) bond motifs is 1. The molecule has 0 bridgehead atoms. The minimum absolute atomic E-state index is 0.0894. The summed E-state index contributed by atoms with van der Waals surface area (Å²) in [5, 5.41) is 6.65. The van der Waals surface area contributed by atoms with Crippen molar-refractivity contribution >= 4 is 28.7 Å². The molecule has 2 heterocycles. The Morgan fingerprint density at radius 1 is 1.07 bits per heavy atom. The van der Waals surface area contributed by atoms with Crippen LogP contribution in [-0.2, 0) is 5.54 Å². The second-order valence-corrected chi connectivity index (χ2v) is 8.75. The van der Waals surface area contributed by atoms with Gasteiger partial charge in [0, 0.05) is 28.7 Å². The van der Waals surface area contributed by atoms with E-state index in [1.165, 1.54) is 0 Å². The largest absolute Gasteiger partial charge is 0.350 e. The fourth-order valence-electron chi connectivity index (χ4n) is 3.16. The van der Waals surface area contributed by atoms with Gasteiger partial charge in [-0.25, -0.2) is 4.98 Å². The smallest absolute Gasteiger partial charge is 0.256 e. The van der Waals surface area contributed by atoms with Crippen LogP contribution >= 0.6 is 0 Å². The molecule has 0 radical (unpaired) electrons. The van der Waals surface area contributed by atoms with Crippen molar-refractivity contribution in [2.24, 2.45) is 0 Å². The molecule has 158 valence electrons. The number of hydrogen-bond donors (Lipinski definition) is 2. The van der Waals surface area contributed by atoms with Gasteiger partial charge < -0.3 is 15.2 Å². The van der Waals surface area contributed by atoms with Gasteiger partial charge in [-0.05, 0) is 65.3 Å². The maximum atomic E-state index is 12.8. The van der Waals surface area contributed by atoms with Gasteiger partial charge in [0.2, 0.25) is 0 Å². The molecule has 3 aromatic rings. The highest BCUT2D eigenvalue weighted by atomic mass is 16.2. The summed E-state index contributed by atoms with van der Waals surface area (Å²) in [6.07, 6.45) is 2.71. The molecule has 0 aliphatic carbocycles. The molecular weight excluding hydrogens is 376 g/mol. The highest BCUT2D eigenvalue weighted by molar-refractivity contribution is 6.08. The number of anilines is 1. The third-order valence-corrected chi connectivity index (χ3v) is 5.16. The van der Waals surface area contributed by atoms with Crippen molar-refractivity contribution in [2.45, 2.75) is 59.5 Å². The Hall–Kier alpha value is -3.15. The molecule has 0 aliphatic rings. The van der Waals surface area contributed by atoms with E-state index < -0.39 is 0 Å². The topological polar surface area (TPSA) is 76.0 Å². The van der Waals surface area contributed by atoms with Gasteiger partial charge in [0.25, 0.3) is 11.8 Å². The number of aryl methyl sites for hydroxylation is 1. The molecule has 2 N–H and O–H groups in total. The summed E-state index contributed by atoms with van der Waals surface area (Å²) in [6.45, 7) is 12.2. The lowest BCUT2D eigenvalue weighted by Gasteiger charge is -2.22. The Morgan fingerprint density at radius 3 is 2.33 bits per heavy atom. The summed E-state index contributed by atoms with van der Waals surface area (Å²) in [5.74, 6) is 0.117. The van der Waals surface area contributed by atoms with Gasteiger partial charge in [-0.1, -0.05) is 24.6 Å². The van der Waals surface area contributed by atoms with Crippen LogP contribution in [0.3, 0.4) is 0 Å². The summed E-state index contributed by atoms with van der Waals surface area (Å²) in [7, 11) is 0. The second-order valence-electron chi connectivity index (χ2n) is 8.75. The summed E-state index contributed by atoms with van der Waals surface area (Å²) < 4.78 is 1.98. The maximum absolute atomic E-state index is 12.8. The molecule has 0 fully saturated rings. The van der Waals surface area contributed by atoms with E-state index in [0.717, 1.165) is 17.4 Å². The SMILES string of the molecule is CC[C@H](C)NC(=O)c1cn(C(C)(C)C)c2nc(NC(=O)c3ccc(C)cc3)ccc12. The van der Waals surface area contributed by atoms with Crippen LogP contribution in [0.1, 0.15) is 67.3 Å². The third-order valence-electron chi connectivity index (χ3n) is 5.16. The highest BCUT2D eigenvalue weighted by Crippen LogP contribution is 2.28. The molecule has 0 spiro atoms. The predicted molar refractivity (Wildman–Crippen MR) is 121 cm³/mol. The third kappa shape index (κ3) is 4.53. The predicted octanol–water partition coefficient (Wildman–Crippen LogP) is 4.88. The maximum Gasteiger partial charge on any atom is 0.256 e. The summed E-state index contributed by atoms with van der Waals surface area (Å²) in [5.41, 5.74) is 2.64. The molecule has 6 heteroatoms. The normalized spacial score (nSPS) is 12.6. The average Bonchev–Trinajstić information content (AvgIpc) is 3.07. The van der Waals surface area contributed by atoms with Crippen LogP contribution in [0.2, 0.25) is 0 Å². The lowest BCUT2D eigenvalue weighted by atomic mass is 10.1. The van der Waals surface area contributed by atoms with Crippen LogP contribution in [0.15, 0.2) is 42.6 Å². The van der Waals surface area contributed by atoms with Crippen LogP contribution in [0.4, 0.5) is 5.82 Å². The number of carbonyl (C=O) groups is 2. The molecule has 30 heavy (non-hydrogen) atoms. The van der Waals surface area contributed by atoms with Crippen molar-refractivity contribution in [1.82, 2.24) is 14.9 Å². The van der Waals surface area contributed by atoms with Crippen molar-refractivity contribution < 1.29 is 9.59 Å². The Labute approximate surface area is 177 Å². The number of benzene rings is 1. The molecule has 6 nitrogen and oxygen atoms in total. The summed E-state index contributed by atoms with van der Waals surface area (Å²) in [6, 6.07) is 11.1. The molecule has 0 aliphatic heterocycles. The lowest BCUT2D eigenvalue weighted by molar-refractivity contribution is 0.0939. The minimum atomic E-state index is -0.278. The van der Waals surface area contributed by atoms with Crippen LogP contribution < -0.4 is 10.6 Å². The number of hydrogen-bond acceptors (Lipinski definition) is 3. The van der Waals surface area contributed by atoms with Crippen molar-refractivity contribution in [3.05, 3.63) is 59.3 Å². The zero-order chi connectivity index (χ0) is 22.1. The van der Waals surface area contributed by atoms with Gasteiger partial charge in [0.15, 0.2) is 0 Å². The van der Waals surface area contributed by atoms with Crippen molar-refractivity contribution in [3.63, 3.8) is 0 Å². The summed E-state index contributed by atoms with van der Waals surface area (Å²) in [4.78, 5) is 30.1. The van der Waals surface area contributed by atoms with Gasteiger partial charge in [0.05, 0.1) is 5.56 Å². The number of nitrogens with zero attached hydrogens (tertiary/aromatic N) is 2. The van der Waals surface area contributed by atoms with Gasteiger partial charge in [-0.3, -0.25) is 9.59 Å². The number of rotatable bonds is 5. The second kappa shape index (κ2) is 8.30. The number of nitrogens with one attached hydrogen (secondary N) is 2. The molecule has 1 aromatic carbocycles. The molecule has 2 amide bonds. The Kier molecular flexibility index (Phi) is 5.97. The van der Waals surface area contributed by atoms with Crippen LogP contribution in [0.25, 0.3) is 11.0 Å². The van der Waals surface area contributed by atoms with E-state index in [2.05, 4.69) is 36.4 Å². The van der Waals surface area contributed by atoms with Crippen molar-refractivity contribution in [3.8, 4) is 0 Å². The lowest BCUT2D eigenvalue weighted by Crippen LogP contribution is -2.31. The van der Waals surface area contributed by atoms with E-state index in [0.29, 0.717) is 22.6 Å². The first-order valence-electron chi connectivity index (χ1n) is 10.3. The van der Waals surface area contributed by atoms with E-state index in [1.807, 2.05) is 49.7 Å². The minimum Gasteiger partial charge on any atom is -0.350 e. The van der Waals surface area contributed by atoms with Crippen molar-refractivity contribution in [1.29, 1.82) is 0 Å². The molecular formula is C24H30N4O2. The number of pyridine rings is 1. The monoisotopic (exact) mass is 406 g/mol. The summed E-state index contributed by atoms with van der Waals surface area (Å²) >= 11 is 0. The first-order valence-corrected chi connectivity index (χ1v) is 10.3. The molecule has 0 unspecified atom stereocenters. The first-order chi connectivity index (χ1) is 14.1. The number of aromatic nitrogens is 2. The van der Waals surface area contributed by atoms with Gasteiger partial charge in [-0.15, -0.1) is 0 Å². The standard InChI is InChI=1S/C24H30N4O2/c1-7-16(3)25-23(30)19-14-28(24(4,5)6)21-18(19)12-13-20(26-21)27-22(29)17-10-8-15(2)9-11-17/h8-14,16H,7H2,1-6H3,(H,25,30)(H,26,27,29)/t16-/m0/s1. The molecule has 0 saturated carbocycles. The Bertz CT molecular complexity index is 1080. The highest BCUT2D eigenvalue weighted by Gasteiger charge is 2.23. The van der Waals surface area contributed by atoms with E-state index in [9.17, 15) is 9.59 Å². The van der Waals surface area contributed by atoms with E-state index in [1.54, 1.807) is 18.2 Å². The van der Waals surface area contributed by atoms with Gasteiger partial charge in [0.1, 0.15) is 11.5 Å². The molecule has 1 atom stereocenters. The first kappa shape index (κ1) is 21.6. The molecule has 2 aromatic heterocycles.